The van der Waals surface area contributed by atoms with Gasteiger partial charge in [0.1, 0.15) is 0 Å². The molecule has 0 heterocycles. The third kappa shape index (κ3) is 7.86. The van der Waals surface area contributed by atoms with E-state index < -0.39 is 0 Å². The molecule has 2 nitrogen and oxygen atoms in total. The summed E-state index contributed by atoms with van der Waals surface area (Å²) in [5.41, 5.74) is 0. The first kappa shape index (κ1) is 11.8. The van der Waals surface area contributed by atoms with Crippen molar-refractivity contribution >= 4 is 17.5 Å². The molecule has 0 saturated heterocycles. The summed E-state index contributed by atoms with van der Waals surface area (Å²) < 4.78 is 0. The van der Waals surface area contributed by atoms with Crippen molar-refractivity contribution < 1.29 is 4.79 Å². The van der Waals surface area contributed by atoms with E-state index in [1.807, 2.05) is 0 Å². The molecular formula is C9H18ClNO. The molecule has 0 aromatic carbocycles. The van der Waals surface area contributed by atoms with E-state index in [-0.39, 0.29) is 5.91 Å². The summed E-state index contributed by atoms with van der Waals surface area (Å²) in [5, 5.41) is 2.78. The predicted octanol–water partition coefficient (Wildman–Crippen LogP) is 2.17. The highest BCUT2D eigenvalue weighted by atomic mass is 35.5. The molecule has 0 aromatic heterocycles. The van der Waals surface area contributed by atoms with Crippen molar-refractivity contribution in [2.75, 3.05) is 12.4 Å². The van der Waals surface area contributed by atoms with Gasteiger partial charge < -0.3 is 5.32 Å². The quantitative estimate of drug-likeness (QED) is 0.641. The fourth-order valence-corrected chi connectivity index (χ4v) is 1.22. The van der Waals surface area contributed by atoms with Crippen molar-refractivity contribution in [3.05, 3.63) is 0 Å². The third-order valence-corrected chi connectivity index (χ3v) is 2.11. The zero-order chi connectivity index (χ0) is 9.40. The molecule has 0 aromatic rings. The molecule has 1 amide bonds. The molecule has 12 heavy (non-hydrogen) atoms. The molecule has 0 saturated carbocycles. The first-order chi connectivity index (χ1) is 5.66. The van der Waals surface area contributed by atoms with Gasteiger partial charge >= 0.3 is 0 Å². The lowest BCUT2D eigenvalue weighted by Crippen LogP contribution is -2.22. The van der Waals surface area contributed by atoms with Crippen LogP contribution in [0.4, 0.5) is 0 Å². The standard InChI is InChI=1S/C9H18ClNO/c1-8(4-3-6-10)5-7-11-9(2)12/h8H,3-7H2,1-2H3,(H,11,12)/t8-/m1/s1. The Kier molecular flexibility index (Phi) is 7.26. The molecule has 1 atom stereocenters. The van der Waals surface area contributed by atoms with E-state index in [0.29, 0.717) is 5.92 Å². The summed E-state index contributed by atoms with van der Waals surface area (Å²) in [4.78, 5) is 10.5. The molecule has 0 unspecified atom stereocenters. The first-order valence-electron chi connectivity index (χ1n) is 4.47. The minimum atomic E-state index is 0.0551. The molecular weight excluding hydrogens is 174 g/mol. The van der Waals surface area contributed by atoms with Gasteiger partial charge in [-0.15, -0.1) is 11.6 Å². The van der Waals surface area contributed by atoms with Crippen molar-refractivity contribution in [3.8, 4) is 0 Å². The van der Waals surface area contributed by atoms with E-state index in [4.69, 9.17) is 11.6 Å². The largest absolute Gasteiger partial charge is 0.356 e. The Hall–Kier alpha value is -0.240. The number of rotatable bonds is 6. The lowest BCUT2D eigenvalue weighted by atomic mass is 10.0. The second-order valence-corrected chi connectivity index (χ2v) is 3.59. The molecule has 3 heteroatoms. The van der Waals surface area contributed by atoms with Crippen LogP contribution >= 0.6 is 11.6 Å². The smallest absolute Gasteiger partial charge is 0.216 e. The number of halogens is 1. The number of hydrogen-bond acceptors (Lipinski definition) is 1. The highest BCUT2D eigenvalue weighted by molar-refractivity contribution is 6.17. The van der Waals surface area contributed by atoms with Crippen LogP contribution in [-0.4, -0.2) is 18.3 Å². The fraction of sp³-hybridized carbons (Fsp3) is 0.889. The zero-order valence-corrected chi connectivity index (χ0v) is 8.66. The van der Waals surface area contributed by atoms with Crippen LogP contribution < -0.4 is 5.32 Å². The molecule has 0 aliphatic carbocycles. The van der Waals surface area contributed by atoms with E-state index >= 15 is 0 Å². The number of carbonyl (C=O) groups excluding carboxylic acids is 1. The van der Waals surface area contributed by atoms with E-state index in [1.54, 1.807) is 6.92 Å². The lowest BCUT2D eigenvalue weighted by molar-refractivity contribution is -0.118. The van der Waals surface area contributed by atoms with Gasteiger partial charge in [0.05, 0.1) is 0 Å². The molecule has 0 aliphatic rings. The average molecular weight is 192 g/mol. The number of carbonyl (C=O) groups is 1. The molecule has 0 aliphatic heterocycles. The SMILES string of the molecule is CC(=O)NCC[C@H](C)CCCCl. The van der Waals surface area contributed by atoms with E-state index in [0.717, 1.165) is 31.7 Å². The molecule has 1 N–H and O–H groups in total. The van der Waals surface area contributed by atoms with Gasteiger partial charge in [0, 0.05) is 19.3 Å². The van der Waals surface area contributed by atoms with Crippen LogP contribution in [0.2, 0.25) is 0 Å². The van der Waals surface area contributed by atoms with Crippen LogP contribution in [-0.2, 0) is 4.79 Å². The van der Waals surface area contributed by atoms with Gasteiger partial charge in [0.2, 0.25) is 5.91 Å². The van der Waals surface area contributed by atoms with Crippen LogP contribution in [0, 0.1) is 5.92 Å². The third-order valence-electron chi connectivity index (χ3n) is 1.84. The number of nitrogens with one attached hydrogen (secondary N) is 1. The Morgan fingerprint density at radius 1 is 1.50 bits per heavy atom. The van der Waals surface area contributed by atoms with Crippen LogP contribution in [0.15, 0.2) is 0 Å². The maximum absolute atomic E-state index is 10.5. The lowest BCUT2D eigenvalue weighted by Gasteiger charge is -2.09. The number of alkyl halides is 1. The Morgan fingerprint density at radius 2 is 2.17 bits per heavy atom. The van der Waals surface area contributed by atoms with E-state index in [2.05, 4.69) is 12.2 Å². The molecule has 0 bridgehead atoms. The average Bonchev–Trinajstić information content (AvgIpc) is 2.00. The van der Waals surface area contributed by atoms with Gasteiger partial charge in [-0.25, -0.2) is 0 Å². The highest BCUT2D eigenvalue weighted by Gasteiger charge is 2.01. The number of amides is 1. The summed E-state index contributed by atoms with van der Waals surface area (Å²) in [7, 11) is 0. The van der Waals surface area contributed by atoms with Crippen molar-refractivity contribution in [1.29, 1.82) is 0 Å². The van der Waals surface area contributed by atoms with Crippen LogP contribution in [0.25, 0.3) is 0 Å². The monoisotopic (exact) mass is 191 g/mol. The second-order valence-electron chi connectivity index (χ2n) is 3.21. The Labute approximate surface area is 79.7 Å². The van der Waals surface area contributed by atoms with Gasteiger partial charge in [-0.05, 0) is 25.2 Å². The van der Waals surface area contributed by atoms with Gasteiger partial charge in [0.25, 0.3) is 0 Å². The fourth-order valence-electron chi connectivity index (χ4n) is 1.06. The summed E-state index contributed by atoms with van der Waals surface area (Å²) >= 11 is 5.56. The van der Waals surface area contributed by atoms with Gasteiger partial charge in [-0.2, -0.15) is 0 Å². The molecule has 0 radical (unpaired) electrons. The van der Waals surface area contributed by atoms with Crippen LogP contribution in [0.1, 0.15) is 33.1 Å². The van der Waals surface area contributed by atoms with Crippen molar-refractivity contribution in [3.63, 3.8) is 0 Å². The Bertz CT molecular complexity index is 128. The van der Waals surface area contributed by atoms with Gasteiger partial charge in [-0.1, -0.05) is 6.92 Å². The molecule has 0 spiro atoms. The van der Waals surface area contributed by atoms with Crippen LogP contribution in [0.5, 0.6) is 0 Å². The highest BCUT2D eigenvalue weighted by Crippen LogP contribution is 2.09. The molecule has 72 valence electrons. The summed E-state index contributed by atoms with van der Waals surface area (Å²) in [6.07, 6.45) is 3.28. The second kappa shape index (κ2) is 7.41. The Balaban J connectivity index is 3.19. The maximum atomic E-state index is 10.5. The van der Waals surface area contributed by atoms with E-state index in [1.165, 1.54) is 0 Å². The minimum Gasteiger partial charge on any atom is -0.356 e. The normalized spacial score (nSPS) is 12.6. The van der Waals surface area contributed by atoms with Crippen molar-refractivity contribution in [1.82, 2.24) is 5.32 Å². The summed E-state index contributed by atoms with van der Waals surface area (Å²) in [5.74, 6) is 1.46. The summed E-state index contributed by atoms with van der Waals surface area (Å²) in [6.45, 7) is 4.52. The first-order valence-corrected chi connectivity index (χ1v) is 5.00. The Morgan fingerprint density at radius 3 is 2.67 bits per heavy atom. The van der Waals surface area contributed by atoms with Crippen LogP contribution in [0.3, 0.4) is 0 Å². The van der Waals surface area contributed by atoms with E-state index in [9.17, 15) is 4.79 Å². The van der Waals surface area contributed by atoms with Gasteiger partial charge in [0.15, 0.2) is 0 Å². The molecule has 0 rings (SSSR count). The zero-order valence-electron chi connectivity index (χ0n) is 7.90. The topological polar surface area (TPSA) is 29.1 Å². The minimum absolute atomic E-state index is 0.0551. The van der Waals surface area contributed by atoms with Gasteiger partial charge in [-0.3, -0.25) is 4.79 Å². The van der Waals surface area contributed by atoms with Crippen molar-refractivity contribution in [2.45, 2.75) is 33.1 Å². The molecule has 0 fully saturated rings. The predicted molar refractivity (Wildman–Crippen MR) is 52.4 cm³/mol. The van der Waals surface area contributed by atoms with Crippen molar-refractivity contribution in [2.24, 2.45) is 5.92 Å². The number of hydrogen-bond donors (Lipinski definition) is 1. The summed E-state index contributed by atoms with van der Waals surface area (Å²) in [6, 6.07) is 0. The maximum Gasteiger partial charge on any atom is 0.216 e.